The molecule has 0 aliphatic rings. The summed E-state index contributed by atoms with van der Waals surface area (Å²) >= 11 is 5.51. The summed E-state index contributed by atoms with van der Waals surface area (Å²) in [6, 6.07) is 3.77. The van der Waals surface area contributed by atoms with Gasteiger partial charge in [0.25, 0.3) is 0 Å². The van der Waals surface area contributed by atoms with Crippen LogP contribution in [0.3, 0.4) is 0 Å². The molecule has 0 atom stereocenters. The monoisotopic (exact) mass is 206 g/mol. The van der Waals surface area contributed by atoms with Crippen molar-refractivity contribution in [2.75, 3.05) is 6.26 Å². The number of aromatic hydroxyl groups is 1. The van der Waals surface area contributed by atoms with Crippen molar-refractivity contribution in [1.82, 2.24) is 0 Å². The Labute approximate surface area is 75.5 Å². The highest BCUT2D eigenvalue weighted by Gasteiger charge is 2.08. The van der Waals surface area contributed by atoms with Crippen LogP contribution in [0.5, 0.6) is 5.75 Å². The number of sulfone groups is 1. The van der Waals surface area contributed by atoms with E-state index >= 15 is 0 Å². The lowest BCUT2D eigenvalue weighted by molar-refractivity contribution is 0.475. The van der Waals surface area contributed by atoms with Crippen molar-refractivity contribution in [3.05, 3.63) is 23.2 Å². The quantitative estimate of drug-likeness (QED) is 0.757. The number of hydrogen-bond donors (Lipinski definition) is 1. The van der Waals surface area contributed by atoms with Crippen LogP contribution in [-0.4, -0.2) is 19.8 Å². The number of hydrogen-bond acceptors (Lipinski definition) is 3. The summed E-state index contributed by atoms with van der Waals surface area (Å²) in [6.07, 6.45) is 1.08. The molecule has 5 heteroatoms. The van der Waals surface area contributed by atoms with E-state index in [1.54, 1.807) is 0 Å². The van der Waals surface area contributed by atoms with Crippen LogP contribution in [0.4, 0.5) is 0 Å². The Kier molecular flexibility index (Phi) is 2.30. The molecule has 3 nitrogen and oxygen atoms in total. The maximum Gasteiger partial charge on any atom is 0.175 e. The summed E-state index contributed by atoms with van der Waals surface area (Å²) in [5.74, 6) is -0.121. The predicted molar refractivity (Wildman–Crippen MR) is 46.2 cm³/mol. The van der Waals surface area contributed by atoms with Gasteiger partial charge in [0.2, 0.25) is 0 Å². The van der Waals surface area contributed by atoms with Crippen LogP contribution in [0, 0.1) is 0 Å². The largest absolute Gasteiger partial charge is 0.506 e. The zero-order valence-electron chi connectivity index (χ0n) is 6.28. The van der Waals surface area contributed by atoms with Gasteiger partial charge < -0.3 is 5.11 Å². The van der Waals surface area contributed by atoms with E-state index in [0.717, 1.165) is 6.26 Å². The molecule has 0 unspecified atom stereocenters. The minimum Gasteiger partial charge on any atom is -0.506 e. The molecular formula is C7H7ClO3S. The van der Waals surface area contributed by atoms with E-state index in [0.29, 0.717) is 0 Å². The summed E-state index contributed by atoms with van der Waals surface area (Å²) in [4.78, 5) is 0.102. The molecule has 1 aromatic rings. The third-order valence-corrected chi connectivity index (χ3v) is 2.76. The van der Waals surface area contributed by atoms with Gasteiger partial charge in [-0.3, -0.25) is 0 Å². The van der Waals surface area contributed by atoms with Crippen LogP contribution in [0.25, 0.3) is 0 Å². The first-order chi connectivity index (χ1) is 5.41. The SMILES string of the molecule is CS(=O)(=O)c1ccc(O)c(Cl)c1. The number of phenols is 1. The highest BCUT2D eigenvalue weighted by molar-refractivity contribution is 7.90. The topological polar surface area (TPSA) is 54.4 Å². The van der Waals surface area contributed by atoms with Crippen LogP contribution in [-0.2, 0) is 9.84 Å². The number of rotatable bonds is 1. The lowest BCUT2D eigenvalue weighted by atomic mass is 10.3. The van der Waals surface area contributed by atoms with E-state index < -0.39 is 9.84 Å². The molecule has 0 aliphatic heterocycles. The third kappa shape index (κ3) is 1.89. The molecule has 0 radical (unpaired) electrons. The molecule has 0 aliphatic carbocycles. The van der Waals surface area contributed by atoms with Crippen molar-refractivity contribution in [1.29, 1.82) is 0 Å². The van der Waals surface area contributed by atoms with Gasteiger partial charge in [0.05, 0.1) is 9.92 Å². The standard InChI is InChI=1S/C7H7ClO3S/c1-12(10,11)5-2-3-7(9)6(8)4-5/h2-4,9H,1H3. The Hall–Kier alpha value is -0.740. The summed E-state index contributed by atoms with van der Waals surface area (Å²) < 4.78 is 21.9. The number of phenolic OH excluding ortho intramolecular Hbond substituents is 1. The summed E-state index contributed by atoms with van der Waals surface area (Å²) in [5, 5.41) is 9.02. The third-order valence-electron chi connectivity index (χ3n) is 1.35. The average Bonchev–Trinajstić information content (AvgIpc) is 1.92. The van der Waals surface area contributed by atoms with Crippen LogP contribution < -0.4 is 0 Å². The molecule has 12 heavy (non-hydrogen) atoms. The fraction of sp³-hybridized carbons (Fsp3) is 0.143. The fourth-order valence-electron chi connectivity index (χ4n) is 0.718. The van der Waals surface area contributed by atoms with Crippen molar-refractivity contribution in [3.8, 4) is 5.75 Å². The molecule has 0 aromatic heterocycles. The molecule has 0 amide bonds. The van der Waals surface area contributed by atoms with Crippen LogP contribution in [0.2, 0.25) is 5.02 Å². The van der Waals surface area contributed by atoms with Gasteiger partial charge >= 0.3 is 0 Å². The van der Waals surface area contributed by atoms with E-state index in [1.165, 1.54) is 18.2 Å². The smallest absolute Gasteiger partial charge is 0.175 e. The van der Waals surface area contributed by atoms with E-state index in [2.05, 4.69) is 0 Å². The first kappa shape index (κ1) is 9.35. The Morgan fingerprint density at radius 1 is 1.42 bits per heavy atom. The van der Waals surface area contributed by atoms with Crippen LogP contribution in [0.15, 0.2) is 23.1 Å². The second kappa shape index (κ2) is 2.95. The average molecular weight is 207 g/mol. The molecule has 0 saturated carbocycles. The van der Waals surface area contributed by atoms with E-state index in [9.17, 15) is 8.42 Å². The van der Waals surface area contributed by atoms with Gasteiger partial charge in [0.15, 0.2) is 9.84 Å². The van der Waals surface area contributed by atoms with Crippen molar-refractivity contribution in [2.45, 2.75) is 4.90 Å². The summed E-state index contributed by atoms with van der Waals surface area (Å²) in [7, 11) is -3.24. The molecule has 1 N–H and O–H groups in total. The van der Waals surface area contributed by atoms with Crippen molar-refractivity contribution in [2.24, 2.45) is 0 Å². The molecule has 0 fully saturated rings. The second-order valence-corrected chi connectivity index (χ2v) is 4.81. The zero-order chi connectivity index (χ0) is 9.35. The van der Waals surface area contributed by atoms with E-state index in [4.69, 9.17) is 16.7 Å². The minimum absolute atomic E-state index is 0.0397. The normalized spacial score (nSPS) is 11.5. The van der Waals surface area contributed by atoms with Gasteiger partial charge in [-0.2, -0.15) is 0 Å². The predicted octanol–water partition coefficient (Wildman–Crippen LogP) is 1.45. The Morgan fingerprint density at radius 3 is 2.42 bits per heavy atom. The lowest BCUT2D eigenvalue weighted by Gasteiger charge is -1.99. The Balaban J connectivity index is 3.33. The van der Waals surface area contributed by atoms with Gasteiger partial charge in [-0.1, -0.05) is 11.6 Å². The molecular weight excluding hydrogens is 200 g/mol. The highest BCUT2D eigenvalue weighted by atomic mass is 35.5. The lowest BCUT2D eigenvalue weighted by Crippen LogP contribution is -1.95. The number of halogens is 1. The summed E-state index contributed by atoms with van der Waals surface area (Å²) in [6.45, 7) is 0. The van der Waals surface area contributed by atoms with Crippen LogP contribution in [0.1, 0.15) is 0 Å². The van der Waals surface area contributed by atoms with Crippen molar-refractivity contribution < 1.29 is 13.5 Å². The summed E-state index contributed by atoms with van der Waals surface area (Å²) in [5.41, 5.74) is 0. The Bertz CT molecular complexity index is 397. The van der Waals surface area contributed by atoms with Gasteiger partial charge in [0.1, 0.15) is 5.75 Å². The zero-order valence-corrected chi connectivity index (χ0v) is 7.85. The van der Waals surface area contributed by atoms with Crippen molar-refractivity contribution >= 4 is 21.4 Å². The maximum atomic E-state index is 11.0. The van der Waals surface area contributed by atoms with Gasteiger partial charge in [0, 0.05) is 6.26 Å². The fourth-order valence-corrected chi connectivity index (χ4v) is 1.61. The molecule has 1 aromatic carbocycles. The maximum absolute atomic E-state index is 11.0. The van der Waals surface area contributed by atoms with E-state index in [1.807, 2.05) is 0 Å². The first-order valence-corrected chi connectivity index (χ1v) is 5.37. The molecule has 66 valence electrons. The van der Waals surface area contributed by atoms with Gasteiger partial charge in [-0.25, -0.2) is 8.42 Å². The van der Waals surface area contributed by atoms with Gasteiger partial charge in [-0.15, -0.1) is 0 Å². The first-order valence-electron chi connectivity index (χ1n) is 3.10. The molecule has 0 bridgehead atoms. The molecule has 0 heterocycles. The molecule has 1 rings (SSSR count). The van der Waals surface area contributed by atoms with Crippen molar-refractivity contribution in [3.63, 3.8) is 0 Å². The van der Waals surface area contributed by atoms with Gasteiger partial charge in [-0.05, 0) is 18.2 Å². The molecule has 0 saturated heterocycles. The minimum atomic E-state index is -3.24. The number of benzene rings is 1. The Morgan fingerprint density at radius 2 is 2.00 bits per heavy atom. The van der Waals surface area contributed by atoms with Crippen LogP contribution >= 0.6 is 11.6 Å². The molecule has 0 spiro atoms. The second-order valence-electron chi connectivity index (χ2n) is 2.39. The highest BCUT2D eigenvalue weighted by Crippen LogP contribution is 2.25. The van der Waals surface area contributed by atoms with E-state index in [-0.39, 0.29) is 15.7 Å².